The minimum Gasteiger partial charge on any atom is -0.497 e. The van der Waals surface area contributed by atoms with E-state index in [1.807, 2.05) is 12.1 Å². The summed E-state index contributed by atoms with van der Waals surface area (Å²) in [6.45, 7) is 6.96. The monoisotopic (exact) mass is 349 g/mol. The van der Waals surface area contributed by atoms with Crippen LogP contribution in [-0.4, -0.2) is 74.6 Å². The van der Waals surface area contributed by atoms with E-state index in [4.69, 9.17) is 9.47 Å². The van der Waals surface area contributed by atoms with Crippen molar-refractivity contribution in [2.75, 3.05) is 53.0 Å². The second-order valence-electron chi connectivity index (χ2n) is 5.87. The maximum absolute atomic E-state index is 12.1. The van der Waals surface area contributed by atoms with Gasteiger partial charge in [0.05, 0.1) is 13.7 Å². The van der Waals surface area contributed by atoms with Crippen LogP contribution in [0.1, 0.15) is 13.3 Å². The molecule has 1 aliphatic heterocycles. The SMILES string of the molecule is CCN1CCN(C(=O)CC(=O)NCCOc2ccc(OC)cc2)CC1. The van der Waals surface area contributed by atoms with E-state index in [9.17, 15) is 9.59 Å². The van der Waals surface area contributed by atoms with Crippen LogP contribution < -0.4 is 14.8 Å². The van der Waals surface area contributed by atoms with E-state index in [0.717, 1.165) is 25.4 Å². The minimum absolute atomic E-state index is 0.103. The Morgan fingerprint density at radius 1 is 1.08 bits per heavy atom. The van der Waals surface area contributed by atoms with Crippen LogP contribution in [-0.2, 0) is 9.59 Å². The lowest BCUT2D eigenvalue weighted by Crippen LogP contribution is -2.49. The molecule has 1 fully saturated rings. The zero-order valence-corrected chi connectivity index (χ0v) is 15.0. The van der Waals surface area contributed by atoms with Crippen molar-refractivity contribution < 1.29 is 19.1 Å². The second-order valence-corrected chi connectivity index (χ2v) is 5.87. The number of rotatable bonds is 8. The second kappa shape index (κ2) is 9.88. The largest absolute Gasteiger partial charge is 0.497 e. The lowest BCUT2D eigenvalue weighted by Gasteiger charge is -2.33. The predicted octanol–water partition coefficient (Wildman–Crippen LogP) is 0.744. The molecule has 138 valence electrons. The van der Waals surface area contributed by atoms with Gasteiger partial charge in [0.2, 0.25) is 11.8 Å². The number of likely N-dealkylation sites (N-methyl/N-ethyl adjacent to an activating group) is 1. The van der Waals surface area contributed by atoms with Crippen LogP contribution in [0.25, 0.3) is 0 Å². The Labute approximate surface area is 148 Å². The molecular formula is C18H27N3O4. The highest BCUT2D eigenvalue weighted by atomic mass is 16.5. The van der Waals surface area contributed by atoms with Gasteiger partial charge in [0, 0.05) is 26.2 Å². The zero-order valence-electron chi connectivity index (χ0n) is 15.0. The number of hydrogen-bond acceptors (Lipinski definition) is 5. The highest BCUT2D eigenvalue weighted by Crippen LogP contribution is 2.16. The molecular weight excluding hydrogens is 322 g/mol. The smallest absolute Gasteiger partial charge is 0.232 e. The molecule has 0 saturated carbocycles. The molecule has 1 saturated heterocycles. The summed E-state index contributed by atoms with van der Waals surface area (Å²) in [6, 6.07) is 7.23. The van der Waals surface area contributed by atoms with Crippen LogP contribution in [0.4, 0.5) is 0 Å². The topological polar surface area (TPSA) is 71.1 Å². The maximum Gasteiger partial charge on any atom is 0.232 e. The summed E-state index contributed by atoms with van der Waals surface area (Å²) >= 11 is 0. The standard InChI is InChI=1S/C18H27N3O4/c1-3-20-9-11-21(12-10-20)18(23)14-17(22)19-8-13-25-16-6-4-15(24-2)5-7-16/h4-7H,3,8-14H2,1-2H3,(H,19,22). The Balaban J connectivity index is 1.61. The van der Waals surface area contributed by atoms with Gasteiger partial charge in [-0.25, -0.2) is 0 Å². The van der Waals surface area contributed by atoms with E-state index in [0.29, 0.717) is 32.0 Å². The number of nitrogens with zero attached hydrogens (tertiary/aromatic N) is 2. The van der Waals surface area contributed by atoms with Crippen LogP contribution in [0.5, 0.6) is 11.5 Å². The molecule has 7 nitrogen and oxygen atoms in total. The van der Waals surface area contributed by atoms with Crippen LogP contribution in [0.15, 0.2) is 24.3 Å². The first kappa shape index (κ1) is 19.1. The molecule has 1 aliphatic rings. The number of amides is 2. The van der Waals surface area contributed by atoms with E-state index < -0.39 is 0 Å². The fourth-order valence-electron chi connectivity index (χ4n) is 2.66. The molecule has 1 N–H and O–H groups in total. The lowest BCUT2D eigenvalue weighted by atomic mass is 10.2. The van der Waals surface area contributed by atoms with Crippen molar-refractivity contribution >= 4 is 11.8 Å². The highest BCUT2D eigenvalue weighted by molar-refractivity contribution is 5.96. The molecule has 0 unspecified atom stereocenters. The molecule has 7 heteroatoms. The summed E-state index contributed by atoms with van der Waals surface area (Å²) < 4.78 is 10.6. The first-order valence-electron chi connectivity index (χ1n) is 8.66. The van der Waals surface area contributed by atoms with Gasteiger partial charge in [-0.2, -0.15) is 0 Å². The zero-order chi connectivity index (χ0) is 18.1. The number of carbonyl (C=O) groups is 2. The van der Waals surface area contributed by atoms with Crippen molar-refractivity contribution in [1.82, 2.24) is 15.1 Å². The van der Waals surface area contributed by atoms with Gasteiger partial charge >= 0.3 is 0 Å². The molecule has 1 aromatic carbocycles. The quantitative estimate of drug-likeness (QED) is 0.554. The number of piperazine rings is 1. The van der Waals surface area contributed by atoms with Crippen molar-refractivity contribution in [2.24, 2.45) is 0 Å². The maximum atomic E-state index is 12.1. The van der Waals surface area contributed by atoms with Crippen molar-refractivity contribution in [3.05, 3.63) is 24.3 Å². The van der Waals surface area contributed by atoms with Crippen molar-refractivity contribution in [1.29, 1.82) is 0 Å². The number of carbonyl (C=O) groups excluding carboxylic acids is 2. The van der Waals surface area contributed by atoms with Crippen LogP contribution in [0.2, 0.25) is 0 Å². The molecule has 0 aliphatic carbocycles. The molecule has 2 amide bonds. The summed E-state index contributed by atoms with van der Waals surface area (Å²) in [7, 11) is 1.61. The van der Waals surface area contributed by atoms with Gasteiger partial charge in [-0.1, -0.05) is 6.92 Å². The van der Waals surface area contributed by atoms with E-state index in [1.165, 1.54) is 0 Å². The Morgan fingerprint density at radius 3 is 2.32 bits per heavy atom. The fraction of sp³-hybridized carbons (Fsp3) is 0.556. The van der Waals surface area contributed by atoms with Gasteiger partial charge < -0.3 is 24.6 Å². The summed E-state index contributed by atoms with van der Waals surface area (Å²) in [4.78, 5) is 28.0. The number of methoxy groups -OCH3 is 1. The molecule has 2 rings (SSSR count). The number of hydrogen-bond donors (Lipinski definition) is 1. The van der Waals surface area contributed by atoms with Gasteiger partial charge in [-0.15, -0.1) is 0 Å². The predicted molar refractivity (Wildman–Crippen MR) is 94.8 cm³/mol. The lowest BCUT2D eigenvalue weighted by molar-refractivity contribution is -0.137. The van der Waals surface area contributed by atoms with Crippen LogP contribution in [0.3, 0.4) is 0 Å². The normalized spacial score (nSPS) is 14.9. The Morgan fingerprint density at radius 2 is 1.72 bits per heavy atom. The number of ether oxygens (including phenoxy) is 2. The summed E-state index contributed by atoms with van der Waals surface area (Å²) in [5.74, 6) is 1.10. The van der Waals surface area contributed by atoms with Crippen molar-refractivity contribution in [3.8, 4) is 11.5 Å². The number of benzene rings is 1. The van der Waals surface area contributed by atoms with Crippen LogP contribution >= 0.6 is 0 Å². The van der Waals surface area contributed by atoms with Gasteiger partial charge in [0.1, 0.15) is 24.5 Å². The highest BCUT2D eigenvalue weighted by Gasteiger charge is 2.21. The first-order valence-corrected chi connectivity index (χ1v) is 8.66. The average molecular weight is 349 g/mol. The Bertz CT molecular complexity index is 554. The van der Waals surface area contributed by atoms with E-state index in [-0.39, 0.29) is 18.2 Å². The Kier molecular flexibility index (Phi) is 7.53. The third-order valence-electron chi connectivity index (χ3n) is 4.24. The van der Waals surface area contributed by atoms with Gasteiger partial charge in [0.25, 0.3) is 0 Å². The third-order valence-corrected chi connectivity index (χ3v) is 4.24. The van der Waals surface area contributed by atoms with Crippen LogP contribution in [0, 0.1) is 0 Å². The van der Waals surface area contributed by atoms with E-state index >= 15 is 0 Å². The molecule has 1 heterocycles. The first-order chi connectivity index (χ1) is 12.1. The van der Waals surface area contributed by atoms with Gasteiger partial charge in [-0.3, -0.25) is 9.59 Å². The average Bonchev–Trinajstić information content (AvgIpc) is 2.65. The Hall–Kier alpha value is -2.28. The molecule has 0 aromatic heterocycles. The summed E-state index contributed by atoms with van der Waals surface area (Å²) in [5.41, 5.74) is 0. The van der Waals surface area contributed by atoms with E-state index in [2.05, 4.69) is 17.1 Å². The van der Waals surface area contributed by atoms with Crippen molar-refractivity contribution in [3.63, 3.8) is 0 Å². The number of nitrogens with one attached hydrogen (secondary N) is 1. The summed E-state index contributed by atoms with van der Waals surface area (Å²) in [6.07, 6.45) is -0.103. The van der Waals surface area contributed by atoms with Gasteiger partial charge in [-0.05, 0) is 30.8 Å². The third kappa shape index (κ3) is 6.26. The summed E-state index contributed by atoms with van der Waals surface area (Å²) in [5, 5.41) is 2.72. The molecule has 25 heavy (non-hydrogen) atoms. The molecule has 0 spiro atoms. The molecule has 0 radical (unpaired) electrons. The van der Waals surface area contributed by atoms with Gasteiger partial charge in [0.15, 0.2) is 0 Å². The minimum atomic E-state index is -0.263. The van der Waals surface area contributed by atoms with Crippen molar-refractivity contribution in [2.45, 2.75) is 13.3 Å². The molecule has 1 aromatic rings. The molecule has 0 atom stereocenters. The molecule has 0 bridgehead atoms. The fourth-order valence-corrected chi connectivity index (χ4v) is 2.66. The van der Waals surface area contributed by atoms with E-state index in [1.54, 1.807) is 24.1 Å².